The minimum absolute atomic E-state index is 0.317. The lowest BCUT2D eigenvalue weighted by Crippen LogP contribution is -2.20. The van der Waals surface area contributed by atoms with Gasteiger partial charge in [-0.2, -0.15) is 0 Å². The van der Waals surface area contributed by atoms with Gasteiger partial charge in [-0.05, 0) is 38.0 Å². The molecular formula is C14H22N2O. The zero-order valence-corrected chi connectivity index (χ0v) is 11.0. The Labute approximate surface area is 103 Å². The van der Waals surface area contributed by atoms with Crippen LogP contribution in [-0.4, -0.2) is 22.7 Å². The van der Waals surface area contributed by atoms with E-state index in [1.807, 2.05) is 0 Å². The number of rotatable bonds is 1. The van der Waals surface area contributed by atoms with Crippen molar-refractivity contribution in [1.29, 1.82) is 0 Å². The van der Waals surface area contributed by atoms with Crippen LogP contribution in [0.25, 0.3) is 0 Å². The molecule has 3 heteroatoms. The predicted molar refractivity (Wildman–Crippen MR) is 67.1 cm³/mol. The van der Waals surface area contributed by atoms with Gasteiger partial charge in [0.05, 0.1) is 11.8 Å². The van der Waals surface area contributed by atoms with Gasteiger partial charge in [0.2, 0.25) is 0 Å². The van der Waals surface area contributed by atoms with E-state index in [0.29, 0.717) is 12.0 Å². The zero-order valence-electron chi connectivity index (χ0n) is 11.0. The number of H-pyrrole nitrogens is 1. The topological polar surface area (TPSA) is 37.9 Å². The van der Waals surface area contributed by atoms with Gasteiger partial charge in [-0.15, -0.1) is 0 Å². The van der Waals surface area contributed by atoms with Gasteiger partial charge in [-0.25, -0.2) is 4.98 Å². The number of nitrogens with one attached hydrogen (secondary N) is 1. The number of imidazole rings is 1. The smallest absolute Gasteiger partial charge is 0.112 e. The molecule has 1 fully saturated rings. The summed E-state index contributed by atoms with van der Waals surface area (Å²) in [6, 6.07) is 0. The van der Waals surface area contributed by atoms with Crippen molar-refractivity contribution in [2.45, 2.75) is 52.1 Å². The normalized spacial score (nSPS) is 37.1. The third-order valence-electron chi connectivity index (χ3n) is 4.62. The molecule has 4 atom stereocenters. The number of aromatic nitrogens is 2. The van der Waals surface area contributed by atoms with Gasteiger partial charge in [0.25, 0.3) is 0 Å². The molecule has 2 aliphatic rings. The highest BCUT2D eigenvalue weighted by Gasteiger charge is 2.31. The SMILES string of the molecule is CC1Cc2nc(C3CCOC3C)[nH]c2CC1C. The molecule has 4 unspecified atom stereocenters. The van der Waals surface area contributed by atoms with Crippen molar-refractivity contribution in [1.82, 2.24) is 9.97 Å². The van der Waals surface area contributed by atoms with Crippen LogP contribution in [0.1, 0.15) is 50.3 Å². The minimum Gasteiger partial charge on any atom is -0.378 e. The molecule has 0 saturated carbocycles. The third-order valence-corrected chi connectivity index (χ3v) is 4.62. The standard InChI is InChI=1S/C14H22N2O/c1-8-6-12-13(7-9(8)2)16-14(15-12)11-4-5-17-10(11)3/h8-11H,4-7H2,1-3H3,(H,15,16). The van der Waals surface area contributed by atoms with Crippen LogP contribution < -0.4 is 0 Å². The van der Waals surface area contributed by atoms with Gasteiger partial charge in [0, 0.05) is 18.2 Å². The van der Waals surface area contributed by atoms with Crippen molar-refractivity contribution in [3.05, 3.63) is 17.2 Å². The lowest BCUT2D eigenvalue weighted by molar-refractivity contribution is 0.117. The highest BCUT2D eigenvalue weighted by Crippen LogP contribution is 2.33. The molecule has 1 aliphatic heterocycles. The summed E-state index contributed by atoms with van der Waals surface area (Å²) >= 11 is 0. The Bertz CT molecular complexity index is 385. The monoisotopic (exact) mass is 234 g/mol. The highest BCUT2D eigenvalue weighted by atomic mass is 16.5. The molecule has 3 rings (SSSR count). The molecule has 0 amide bonds. The largest absolute Gasteiger partial charge is 0.378 e. The van der Waals surface area contributed by atoms with Crippen LogP contribution in [0.2, 0.25) is 0 Å². The quantitative estimate of drug-likeness (QED) is 0.811. The molecule has 2 heterocycles. The van der Waals surface area contributed by atoms with Crippen LogP contribution in [0, 0.1) is 11.8 Å². The number of ether oxygens (including phenoxy) is 1. The van der Waals surface area contributed by atoms with Crippen LogP contribution in [0.5, 0.6) is 0 Å². The summed E-state index contributed by atoms with van der Waals surface area (Å²) in [6.07, 6.45) is 3.72. The number of fused-ring (bicyclic) bond motifs is 1. The van der Waals surface area contributed by atoms with E-state index in [0.717, 1.165) is 37.7 Å². The fourth-order valence-electron chi connectivity index (χ4n) is 3.10. The lowest BCUT2D eigenvalue weighted by atomic mass is 9.82. The molecule has 17 heavy (non-hydrogen) atoms. The van der Waals surface area contributed by atoms with Crippen LogP contribution in [0.4, 0.5) is 0 Å². The minimum atomic E-state index is 0.317. The summed E-state index contributed by atoms with van der Waals surface area (Å²) in [5, 5.41) is 0. The summed E-state index contributed by atoms with van der Waals surface area (Å²) in [5.41, 5.74) is 2.69. The molecule has 0 aromatic carbocycles. The van der Waals surface area contributed by atoms with E-state index in [9.17, 15) is 0 Å². The van der Waals surface area contributed by atoms with Gasteiger partial charge in [0.15, 0.2) is 0 Å². The second-order valence-electron chi connectivity index (χ2n) is 5.88. The zero-order chi connectivity index (χ0) is 12.0. The third kappa shape index (κ3) is 1.90. The lowest BCUT2D eigenvalue weighted by Gasteiger charge is -2.24. The number of aromatic amines is 1. The molecule has 1 aromatic rings. The second-order valence-corrected chi connectivity index (χ2v) is 5.88. The van der Waals surface area contributed by atoms with Gasteiger partial charge < -0.3 is 9.72 Å². The van der Waals surface area contributed by atoms with E-state index in [2.05, 4.69) is 25.8 Å². The average Bonchev–Trinajstić information content (AvgIpc) is 2.85. The van der Waals surface area contributed by atoms with E-state index in [4.69, 9.17) is 9.72 Å². The fourth-order valence-corrected chi connectivity index (χ4v) is 3.10. The van der Waals surface area contributed by atoms with Crippen molar-refractivity contribution in [3.63, 3.8) is 0 Å². The van der Waals surface area contributed by atoms with Crippen LogP contribution in [0.15, 0.2) is 0 Å². The molecule has 1 aromatic heterocycles. The molecule has 0 spiro atoms. The Kier molecular flexibility index (Phi) is 2.74. The summed E-state index contributed by atoms with van der Waals surface area (Å²) in [7, 11) is 0. The summed E-state index contributed by atoms with van der Waals surface area (Å²) < 4.78 is 5.63. The van der Waals surface area contributed by atoms with Crippen molar-refractivity contribution in [3.8, 4) is 0 Å². The van der Waals surface area contributed by atoms with Gasteiger partial charge in [-0.3, -0.25) is 0 Å². The van der Waals surface area contributed by atoms with Gasteiger partial charge in [-0.1, -0.05) is 13.8 Å². The highest BCUT2D eigenvalue weighted by molar-refractivity contribution is 5.21. The first-order valence-corrected chi connectivity index (χ1v) is 6.84. The number of hydrogen-bond donors (Lipinski definition) is 1. The Morgan fingerprint density at radius 3 is 2.65 bits per heavy atom. The molecule has 1 saturated heterocycles. The Hall–Kier alpha value is -0.830. The predicted octanol–water partition coefficient (Wildman–Crippen LogP) is 2.67. The Morgan fingerprint density at radius 2 is 1.94 bits per heavy atom. The maximum absolute atomic E-state index is 5.63. The van der Waals surface area contributed by atoms with Crippen LogP contribution >= 0.6 is 0 Å². The van der Waals surface area contributed by atoms with E-state index in [-0.39, 0.29) is 0 Å². The van der Waals surface area contributed by atoms with Gasteiger partial charge >= 0.3 is 0 Å². The Morgan fingerprint density at radius 1 is 1.18 bits per heavy atom. The average molecular weight is 234 g/mol. The summed E-state index contributed by atoms with van der Waals surface area (Å²) in [4.78, 5) is 8.40. The first kappa shape index (κ1) is 11.3. The van der Waals surface area contributed by atoms with Gasteiger partial charge in [0.1, 0.15) is 5.82 Å². The molecule has 3 nitrogen and oxygen atoms in total. The fraction of sp³-hybridized carbons (Fsp3) is 0.786. The first-order chi connectivity index (χ1) is 8.15. The van der Waals surface area contributed by atoms with E-state index < -0.39 is 0 Å². The van der Waals surface area contributed by atoms with Crippen LogP contribution in [-0.2, 0) is 17.6 Å². The molecule has 0 bridgehead atoms. The van der Waals surface area contributed by atoms with E-state index in [1.165, 1.54) is 17.2 Å². The molecule has 94 valence electrons. The maximum Gasteiger partial charge on any atom is 0.112 e. The molecule has 1 N–H and O–H groups in total. The summed E-state index contributed by atoms with van der Waals surface area (Å²) in [6.45, 7) is 7.72. The number of hydrogen-bond acceptors (Lipinski definition) is 2. The van der Waals surface area contributed by atoms with E-state index >= 15 is 0 Å². The number of nitrogens with zero attached hydrogens (tertiary/aromatic N) is 1. The first-order valence-electron chi connectivity index (χ1n) is 6.84. The van der Waals surface area contributed by atoms with Crippen molar-refractivity contribution < 1.29 is 4.74 Å². The molecule has 0 radical (unpaired) electrons. The van der Waals surface area contributed by atoms with Crippen molar-refractivity contribution >= 4 is 0 Å². The molecule has 1 aliphatic carbocycles. The van der Waals surface area contributed by atoms with Crippen molar-refractivity contribution in [2.75, 3.05) is 6.61 Å². The summed E-state index contributed by atoms with van der Waals surface area (Å²) in [5.74, 6) is 3.18. The Balaban J connectivity index is 1.87. The maximum atomic E-state index is 5.63. The van der Waals surface area contributed by atoms with E-state index in [1.54, 1.807) is 0 Å². The second kappa shape index (κ2) is 4.13. The molecular weight excluding hydrogens is 212 g/mol. The van der Waals surface area contributed by atoms with Crippen LogP contribution in [0.3, 0.4) is 0 Å². The van der Waals surface area contributed by atoms with Crippen molar-refractivity contribution in [2.24, 2.45) is 11.8 Å².